The summed E-state index contributed by atoms with van der Waals surface area (Å²) in [6.45, 7) is 6.12. The van der Waals surface area contributed by atoms with Crippen molar-refractivity contribution in [2.45, 2.75) is 32.4 Å². The summed E-state index contributed by atoms with van der Waals surface area (Å²) in [6.07, 6.45) is 0.325. The molecule has 0 spiro atoms. The quantitative estimate of drug-likeness (QED) is 0.561. The molecule has 0 amide bonds. The summed E-state index contributed by atoms with van der Waals surface area (Å²) in [5.41, 5.74) is 5.40. The lowest BCUT2D eigenvalue weighted by Gasteiger charge is -2.15. The van der Waals surface area contributed by atoms with Crippen molar-refractivity contribution in [1.82, 2.24) is 5.32 Å². The van der Waals surface area contributed by atoms with Gasteiger partial charge in [-0.05, 0) is 37.2 Å². The third-order valence-corrected chi connectivity index (χ3v) is 2.65. The van der Waals surface area contributed by atoms with Crippen LogP contribution in [0.5, 0.6) is 11.5 Å². The molecule has 4 N–H and O–H groups in total. The van der Waals surface area contributed by atoms with E-state index in [1.54, 1.807) is 0 Å². The Kier molecular flexibility index (Phi) is 8.02. The maximum absolute atomic E-state index is 9.73. The summed E-state index contributed by atoms with van der Waals surface area (Å²) in [5.74, 6) is 1.52. The summed E-state index contributed by atoms with van der Waals surface area (Å²) in [7, 11) is 0. The summed E-state index contributed by atoms with van der Waals surface area (Å²) in [4.78, 5) is 0. The van der Waals surface area contributed by atoms with Crippen LogP contribution in [0.1, 0.15) is 20.3 Å². The van der Waals surface area contributed by atoms with Crippen LogP contribution in [0.25, 0.3) is 0 Å². The Morgan fingerprint density at radius 1 is 1.15 bits per heavy atom. The van der Waals surface area contributed by atoms with Crippen molar-refractivity contribution in [3.8, 4) is 11.5 Å². The van der Waals surface area contributed by atoms with E-state index in [0.29, 0.717) is 25.7 Å². The number of hydrogen-bond donors (Lipinski definition) is 3. The van der Waals surface area contributed by atoms with Crippen LogP contribution in [0.15, 0.2) is 24.3 Å². The number of hydrogen-bond acceptors (Lipinski definition) is 5. The molecule has 1 aromatic rings. The van der Waals surface area contributed by atoms with Crippen molar-refractivity contribution < 1.29 is 14.6 Å². The Balaban J connectivity index is 2.27. The molecule has 114 valence electrons. The van der Waals surface area contributed by atoms with E-state index < -0.39 is 6.10 Å². The third-order valence-electron chi connectivity index (χ3n) is 2.65. The van der Waals surface area contributed by atoms with Gasteiger partial charge in [0, 0.05) is 12.6 Å². The first-order valence-electron chi connectivity index (χ1n) is 7.09. The van der Waals surface area contributed by atoms with Crippen molar-refractivity contribution in [2.24, 2.45) is 5.73 Å². The van der Waals surface area contributed by atoms with Crippen molar-refractivity contribution in [3.05, 3.63) is 24.3 Å². The Morgan fingerprint density at radius 3 is 2.30 bits per heavy atom. The van der Waals surface area contributed by atoms with Crippen molar-refractivity contribution in [3.63, 3.8) is 0 Å². The largest absolute Gasteiger partial charge is 0.494 e. The molecule has 0 radical (unpaired) electrons. The molecule has 0 aliphatic carbocycles. The molecule has 0 saturated heterocycles. The van der Waals surface area contributed by atoms with Gasteiger partial charge in [0.25, 0.3) is 0 Å². The van der Waals surface area contributed by atoms with E-state index in [2.05, 4.69) is 5.32 Å². The molecule has 0 fully saturated rings. The van der Waals surface area contributed by atoms with E-state index in [0.717, 1.165) is 17.9 Å². The zero-order valence-corrected chi connectivity index (χ0v) is 12.3. The summed E-state index contributed by atoms with van der Waals surface area (Å²) >= 11 is 0. The second kappa shape index (κ2) is 9.58. The second-order valence-corrected chi connectivity index (χ2v) is 4.99. The number of nitrogens with two attached hydrogens (primary N) is 1. The lowest BCUT2D eigenvalue weighted by Crippen LogP contribution is -2.35. The molecule has 1 atom stereocenters. The van der Waals surface area contributed by atoms with E-state index in [4.69, 9.17) is 15.2 Å². The Hall–Kier alpha value is -1.30. The fourth-order valence-electron chi connectivity index (χ4n) is 1.53. The van der Waals surface area contributed by atoms with Crippen LogP contribution in [-0.2, 0) is 0 Å². The fraction of sp³-hybridized carbons (Fsp3) is 0.600. The van der Waals surface area contributed by atoms with E-state index >= 15 is 0 Å². The first kappa shape index (κ1) is 16.8. The monoisotopic (exact) mass is 282 g/mol. The zero-order valence-electron chi connectivity index (χ0n) is 12.3. The molecule has 1 rings (SSSR count). The van der Waals surface area contributed by atoms with Gasteiger partial charge in [-0.3, -0.25) is 0 Å². The number of benzene rings is 1. The molecule has 20 heavy (non-hydrogen) atoms. The smallest absolute Gasteiger partial charge is 0.119 e. The summed E-state index contributed by atoms with van der Waals surface area (Å²) < 4.78 is 11.0. The van der Waals surface area contributed by atoms with Crippen LogP contribution in [-0.4, -0.2) is 43.6 Å². The van der Waals surface area contributed by atoms with Crippen molar-refractivity contribution in [1.29, 1.82) is 0 Å². The Labute approximate surface area is 121 Å². The first-order chi connectivity index (χ1) is 9.61. The minimum atomic E-state index is -0.516. The van der Waals surface area contributed by atoms with Crippen LogP contribution in [0.3, 0.4) is 0 Å². The molecule has 0 aromatic heterocycles. The topological polar surface area (TPSA) is 76.7 Å². The van der Waals surface area contributed by atoms with Crippen molar-refractivity contribution in [2.75, 3.05) is 26.3 Å². The Morgan fingerprint density at radius 2 is 1.75 bits per heavy atom. The molecule has 0 aliphatic rings. The van der Waals surface area contributed by atoms with Gasteiger partial charge in [0.2, 0.25) is 0 Å². The summed E-state index contributed by atoms with van der Waals surface area (Å²) in [5, 5.41) is 12.9. The third kappa shape index (κ3) is 7.33. The molecule has 0 aliphatic heterocycles. The van der Waals surface area contributed by atoms with Gasteiger partial charge < -0.3 is 25.6 Å². The lowest BCUT2D eigenvalue weighted by molar-refractivity contribution is 0.104. The van der Waals surface area contributed by atoms with Crippen LogP contribution < -0.4 is 20.5 Å². The average molecular weight is 282 g/mol. The van der Waals surface area contributed by atoms with Crippen molar-refractivity contribution >= 4 is 0 Å². The number of nitrogens with one attached hydrogen (secondary N) is 1. The van der Waals surface area contributed by atoms with Gasteiger partial charge in [0.1, 0.15) is 24.2 Å². The number of aliphatic hydroxyl groups excluding tert-OH is 1. The van der Waals surface area contributed by atoms with Gasteiger partial charge >= 0.3 is 0 Å². The predicted molar refractivity (Wildman–Crippen MR) is 80.2 cm³/mol. The minimum absolute atomic E-state index is 0.271. The SMILES string of the molecule is CC(C)NC[C@H](O)COc1ccc(OCCCN)cc1. The highest BCUT2D eigenvalue weighted by molar-refractivity contribution is 5.31. The average Bonchev–Trinajstić information content (AvgIpc) is 2.44. The number of aliphatic hydroxyl groups is 1. The zero-order chi connectivity index (χ0) is 14.8. The van der Waals surface area contributed by atoms with Gasteiger partial charge in [0.15, 0.2) is 0 Å². The van der Waals surface area contributed by atoms with Crippen LogP contribution in [0, 0.1) is 0 Å². The van der Waals surface area contributed by atoms with Gasteiger partial charge in [-0.1, -0.05) is 13.8 Å². The molecular weight excluding hydrogens is 256 g/mol. The van der Waals surface area contributed by atoms with Crippen LogP contribution in [0.4, 0.5) is 0 Å². The van der Waals surface area contributed by atoms with E-state index in [9.17, 15) is 5.11 Å². The molecular formula is C15H26N2O3. The summed E-state index contributed by atoms with van der Waals surface area (Å²) in [6, 6.07) is 7.73. The van der Waals surface area contributed by atoms with Gasteiger partial charge in [-0.2, -0.15) is 0 Å². The fourth-order valence-corrected chi connectivity index (χ4v) is 1.53. The highest BCUT2D eigenvalue weighted by Gasteiger charge is 2.06. The van der Waals surface area contributed by atoms with Crippen LogP contribution >= 0.6 is 0 Å². The molecule has 5 nitrogen and oxygen atoms in total. The van der Waals surface area contributed by atoms with E-state index in [1.807, 2.05) is 38.1 Å². The molecule has 1 aromatic carbocycles. The highest BCUT2D eigenvalue weighted by atomic mass is 16.5. The number of rotatable bonds is 10. The highest BCUT2D eigenvalue weighted by Crippen LogP contribution is 2.17. The normalized spacial score (nSPS) is 12.4. The number of ether oxygens (including phenoxy) is 2. The maximum Gasteiger partial charge on any atom is 0.119 e. The van der Waals surface area contributed by atoms with Gasteiger partial charge in [-0.25, -0.2) is 0 Å². The lowest BCUT2D eigenvalue weighted by atomic mass is 10.3. The van der Waals surface area contributed by atoms with Gasteiger partial charge in [0.05, 0.1) is 6.61 Å². The molecule has 0 heterocycles. The molecule has 5 heteroatoms. The standard InChI is InChI=1S/C15H26N2O3/c1-12(2)17-10-13(18)11-20-15-6-4-14(5-7-15)19-9-3-8-16/h4-7,12-13,17-18H,3,8-11,16H2,1-2H3/t13-/m0/s1. The maximum atomic E-state index is 9.73. The minimum Gasteiger partial charge on any atom is -0.494 e. The first-order valence-corrected chi connectivity index (χ1v) is 7.09. The second-order valence-electron chi connectivity index (χ2n) is 4.99. The molecule has 0 bridgehead atoms. The van der Waals surface area contributed by atoms with Crippen LogP contribution in [0.2, 0.25) is 0 Å². The molecule has 0 saturated carbocycles. The van der Waals surface area contributed by atoms with E-state index in [1.165, 1.54) is 0 Å². The predicted octanol–water partition coefficient (Wildman–Crippen LogP) is 1.15. The molecule has 0 unspecified atom stereocenters. The Bertz CT molecular complexity index is 355. The van der Waals surface area contributed by atoms with E-state index in [-0.39, 0.29) is 6.61 Å². The van der Waals surface area contributed by atoms with Gasteiger partial charge in [-0.15, -0.1) is 0 Å².